The lowest BCUT2D eigenvalue weighted by Crippen LogP contribution is -2.24. The molecule has 1 fully saturated rings. The summed E-state index contributed by atoms with van der Waals surface area (Å²) in [4.78, 5) is 0. The average molecular weight is 208 g/mol. The van der Waals surface area contributed by atoms with Gasteiger partial charge in [-0.2, -0.15) is 0 Å². The Bertz CT molecular complexity index is 220. The second-order valence-corrected chi connectivity index (χ2v) is 3.61. The summed E-state index contributed by atoms with van der Waals surface area (Å²) in [6, 6.07) is 0. The van der Waals surface area contributed by atoms with Gasteiger partial charge in [-0.25, -0.2) is 22.3 Å². The molecule has 8 heteroatoms. The molecule has 12 heavy (non-hydrogen) atoms. The molecule has 1 rings (SSSR count). The van der Waals surface area contributed by atoms with E-state index in [1.165, 1.54) is 0 Å². The van der Waals surface area contributed by atoms with Gasteiger partial charge in [-0.1, -0.05) is 0 Å². The molecule has 0 spiro atoms. The summed E-state index contributed by atoms with van der Waals surface area (Å²) in [7, 11) is -5.12. The van der Waals surface area contributed by atoms with E-state index in [-0.39, 0.29) is 0 Å². The van der Waals surface area contributed by atoms with E-state index in [1.807, 2.05) is 0 Å². The number of hydrogen-bond donors (Lipinski definition) is 0. The maximum Gasteiger partial charge on any atom is 0.515 e. The fraction of sp³-hybridized carbons (Fsp3) is 1.00. The number of halogens is 4. The quantitative estimate of drug-likeness (QED) is 0.453. The molecule has 1 heterocycles. The summed E-state index contributed by atoms with van der Waals surface area (Å²) in [6.45, 7) is -1.43. The predicted octanol–water partition coefficient (Wildman–Crippen LogP) is 2.43. The molecule has 0 aromatic heterocycles. The minimum Gasteiger partial charge on any atom is -0.277 e. The Morgan fingerprint density at radius 1 is 1.50 bits per heavy atom. The third kappa shape index (κ3) is 2.73. The van der Waals surface area contributed by atoms with Crippen LogP contribution in [0, 0.1) is 0 Å². The molecule has 0 bridgehead atoms. The molecule has 0 aromatic rings. The van der Waals surface area contributed by atoms with Gasteiger partial charge < -0.3 is 0 Å². The highest BCUT2D eigenvalue weighted by atomic mass is 31.2. The van der Waals surface area contributed by atoms with E-state index in [4.69, 9.17) is 0 Å². The van der Waals surface area contributed by atoms with Crippen LogP contribution in [-0.4, -0.2) is 18.9 Å². The van der Waals surface area contributed by atoms with Crippen molar-refractivity contribution < 1.29 is 31.0 Å². The van der Waals surface area contributed by atoms with Crippen LogP contribution in [0.1, 0.15) is 6.42 Å². The van der Waals surface area contributed by atoms with Crippen molar-refractivity contribution in [2.24, 2.45) is 0 Å². The predicted molar refractivity (Wildman–Crippen MR) is 30.2 cm³/mol. The lowest BCUT2D eigenvalue weighted by molar-refractivity contribution is -0.0716. The molecular formula is C4H5F4O3P. The van der Waals surface area contributed by atoms with Crippen LogP contribution in [0.4, 0.5) is 17.4 Å². The smallest absolute Gasteiger partial charge is 0.277 e. The van der Waals surface area contributed by atoms with E-state index in [1.54, 1.807) is 0 Å². The first-order valence-corrected chi connectivity index (χ1v) is 4.39. The van der Waals surface area contributed by atoms with Crippen LogP contribution < -0.4 is 0 Å². The zero-order chi connectivity index (χ0) is 9.41. The monoisotopic (exact) mass is 208 g/mol. The Morgan fingerprint density at radius 2 is 2.08 bits per heavy atom. The standard InChI is InChI=1S/C4H5F4O3P/c5-3-1-4(6,7)2-10-12(8,9)11-3/h3H,1-2H2. The molecule has 0 aromatic carbocycles. The molecule has 1 saturated heterocycles. The van der Waals surface area contributed by atoms with Gasteiger partial charge in [-0.05, 0) is 0 Å². The number of alkyl halides is 3. The van der Waals surface area contributed by atoms with Crippen molar-refractivity contribution in [3.8, 4) is 0 Å². The lowest BCUT2D eigenvalue weighted by atomic mass is 10.2. The van der Waals surface area contributed by atoms with E-state index in [0.29, 0.717) is 0 Å². The first-order valence-electron chi connectivity index (χ1n) is 2.95. The zero-order valence-electron chi connectivity index (χ0n) is 5.68. The fourth-order valence-corrected chi connectivity index (χ4v) is 1.42. The molecule has 0 amide bonds. The second-order valence-electron chi connectivity index (χ2n) is 2.28. The van der Waals surface area contributed by atoms with E-state index < -0.39 is 33.2 Å². The van der Waals surface area contributed by atoms with Gasteiger partial charge in [-0.3, -0.25) is 4.52 Å². The third-order valence-electron chi connectivity index (χ3n) is 1.13. The summed E-state index contributed by atoms with van der Waals surface area (Å²) >= 11 is 0. The molecular weight excluding hydrogens is 203 g/mol. The van der Waals surface area contributed by atoms with E-state index in [9.17, 15) is 21.9 Å². The Balaban J connectivity index is 2.72. The summed E-state index contributed by atoms with van der Waals surface area (Å²) in [6.07, 6.45) is -3.95. The van der Waals surface area contributed by atoms with Gasteiger partial charge in [0.25, 0.3) is 5.92 Å². The van der Waals surface area contributed by atoms with Crippen molar-refractivity contribution in [3.05, 3.63) is 0 Å². The van der Waals surface area contributed by atoms with Crippen molar-refractivity contribution in [3.63, 3.8) is 0 Å². The Hall–Kier alpha value is -0.130. The lowest BCUT2D eigenvalue weighted by Gasteiger charge is -2.10. The molecule has 0 N–H and O–H groups in total. The molecule has 0 aliphatic carbocycles. The first-order chi connectivity index (χ1) is 5.31. The van der Waals surface area contributed by atoms with Gasteiger partial charge in [0.15, 0.2) is 0 Å². The largest absolute Gasteiger partial charge is 0.515 e. The van der Waals surface area contributed by atoms with Crippen molar-refractivity contribution in [1.29, 1.82) is 0 Å². The normalized spacial score (nSPS) is 42.2. The van der Waals surface area contributed by atoms with Gasteiger partial charge in [0.05, 0.1) is 6.42 Å². The molecule has 0 saturated carbocycles. The van der Waals surface area contributed by atoms with Crippen LogP contribution in [0.15, 0.2) is 0 Å². The molecule has 3 nitrogen and oxygen atoms in total. The van der Waals surface area contributed by atoms with Crippen molar-refractivity contribution in [2.75, 3.05) is 6.61 Å². The molecule has 2 atom stereocenters. The number of rotatable bonds is 0. The van der Waals surface area contributed by atoms with Crippen molar-refractivity contribution >= 4 is 7.91 Å². The summed E-state index contributed by atoms with van der Waals surface area (Å²) in [5, 5.41) is 0. The van der Waals surface area contributed by atoms with Crippen molar-refractivity contribution in [2.45, 2.75) is 18.7 Å². The third-order valence-corrected chi connectivity index (χ3v) is 2.05. The van der Waals surface area contributed by atoms with Crippen LogP contribution >= 0.6 is 7.91 Å². The van der Waals surface area contributed by atoms with Crippen molar-refractivity contribution in [1.82, 2.24) is 0 Å². The van der Waals surface area contributed by atoms with Gasteiger partial charge in [-0.15, -0.1) is 4.20 Å². The molecule has 2 unspecified atom stereocenters. The van der Waals surface area contributed by atoms with Crippen LogP contribution in [0.2, 0.25) is 0 Å². The Kier molecular flexibility index (Phi) is 2.47. The van der Waals surface area contributed by atoms with E-state index in [2.05, 4.69) is 9.05 Å². The number of hydrogen-bond acceptors (Lipinski definition) is 3. The molecule has 0 radical (unpaired) electrons. The van der Waals surface area contributed by atoms with Gasteiger partial charge >= 0.3 is 7.91 Å². The maximum atomic E-state index is 12.3. The highest BCUT2D eigenvalue weighted by Crippen LogP contribution is 2.54. The maximum absolute atomic E-state index is 12.3. The highest BCUT2D eigenvalue weighted by molar-refractivity contribution is 7.48. The summed E-state index contributed by atoms with van der Waals surface area (Å²) < 4.78 is 66.4. The zero-order valence-corrected chi connectivity index (χ0v) is 6.57. The minimum atomic E-state index is -5.12. The Morgan fingerprint density at radius 3 is 2.67 bits per heavy atom. The summed E-state index contributed by atoms with van der Waals surface area (Å²) in [5.41, 5.74) is 0. The minimum absolute atomic E-state index is 1.35. The second kappa shape index (κ2) is 2.97. The average Bonchev–Trinajstić information content (AvgIpc) is 1.87. The summed E-state index contributed by atoms with van der Waals surface area (Å²) in [5.74, 6) is -3.54. The molecule has 72 valence electrons. The highest BCUT2D eigenvalue weighted by Gasteiger charge is 2.44. The topological polar surface area (TPSA) is 35.5 Å². The van der Waals surface area contributed by atoms with Crippen LogP contribution in [0.3, 0.4) is 0 Å². The van der Waals surface area contributed by atoms with E-state index >= 15 is 0 Å². The van der Waals surface area contributed by atoms with Crippen LogP contribution in [0.5, 0.6) is 0 Å². The SMILES string of the molecule is O=P1(F)OCC(F)(F)CC(F)O1. The van der Waals surface area contributed by atoms with Crippen LogP contribution in [-0.2, 0) is 13.6 Å². The Labute approximate surface area is 65.3 Å². The van der Waals surface area contributed by atoms with Gasteiger partial charge in [0.2, 0.25) is 6.36 Å². The van der Waals surface area contributed by atoms with Gasteiger partial charge in [0, 0.05) is 0 Å². The van der Waals surface area contributed by atoms with E-state index in [0.717, 1.165) is 0 Å². The fourth-order valence-electron chi connectivity index (χ4n) is 0.670. The molecule has 1 aliphatic rings. The van der Waals surface area contributed by atoms with Gasteiger partial charge in [0.1, 0.15) is 6.61 Å². The van der Waals surface area contributed by atoms with Crippen LogP contribution in [0.25, 0.3) is 0 Å². The first kappa shape index (κ1) is 9.95. The molecule has 1 aliphatic heterocycles.